The Kier molecular flexibility index (Phi) is 8.46. The molecule has 2 fully saturated rings. The van der Waals surface area contributed by atoms with Crippen molar-refractivity contribution in [3.8, 4) is 17.2 Å². The van der Waals surface area contributed by atoms with E-state index in [-0.39, 0.29) is 34.4 Å². The molecule has 2 aliphatic carbocycles. The van der Waals surface area contributed by atoms with Gasteiger partial charge in [0.15, 0.2) is 24.1 Å². The number of aliphatic hydroxyl groups is 2. The molecular formula is C32H37NO12. The van der Waals surface area contributed by atoms with Crippen molar-refractivity contribution >= 4 is 17.3 Å². The number of ether oxygens (including phenoxy) is 5. The Bertz CT molecular complexity index is 1520. The fourth-order valence-corrected chi connectivity index (χ4v) is 6.95. The van der Waals surface area contributed by atoms with Gasteiger partial charge in [-0.15, -0.1) is 0 Å². The van der Waals surface area contributed by atoms with Crippen molar-refractivity contribution in [2.45, 2.75) is 88.0 Å². The Morgan fingerprint density at radius 2 is 1.82 bits per heavy atom. The van der Waals surface area contributed by atoms with Crippen molar-refractivity contribution in [2.75, 3.05) is 20.3 Å². The number of aliphatic hydroxyl groups excluding tert-OH is 1. The van der Waals surface area contributed by atoms with Gasteiger partial charge in [0.25, 0.3) is 0 Å². The number of phenolic OH excluding ortho intramolecular Hbond substituents is 2. The number of carbonyl (C=O) groups is 3. The van der Waals surface area contributed by atoms with Crippen LogP contribution in [0.5, 0.6) is 17.2 Å². The summed E-state index contributed by atoms with van der Waals surface area (Å²) in [7, 11) is 1.34. The van der Waals surface area contributed by atoms with Gasteiger partial charge in [-0.2, -0.15) is 0 Å². The minimum atomic E-state index is -2.24. The van der Waals surface area contributed by atoms with Crippen molar-refractivity contribution < 1.29 is 58.5 Å². The van der Waals surface area contributed by atoms with Crippen LogP contribution in [-0.4, -0.2) is 94.5 Å². The molecule has 0 amide bonds. The standard InChI is InChI=1S/C32H37NO12/c1-14-31(45-21-8-3-4-9-42-21)17(33)10-22(43-14)44-19-12-32(40,20(35)13-34)11-16-24(19)30(39)26-25(28(16)37)27(36)15-6-5-7-18(41-2)23(15)29(26)38/h5-7,14,17,19,21-22,31,34,37,39-40H,3-4,8-13,33H2,1-2H3/t14-,17-,19+,21-,22+,31+,32-/m1/s1. The first kappa shape index (κ1) is 31.5. The number of hydrogen-bond donors (Lipinski definition) is 5. The highest BCUT2D eigenvalue weighted by molar-refractivity contribution is 6.31. The quantitative estimate of drug-likeness (QED) is 0.236. The third kappa shape index (κ3) is 5.31. The molecule has 13 heteroatoms. The Morgan fingerprint density at radius 1 is 1.07 bits per heavy atom. The van der Waals surface area contributed by atoms with Crippen LogP contribution in [0, 0.1) is 0 Å². The Hall–Kier alpha value is -3.43. The second-order valence-electron chi connectivity index (χ2n) is 12.1. The van der Waals surface area contributed by atoms with Gasteiger partial charge in [0.2, 0.25) is 5.78 Å². The molecular weight excluding hydrogens is 590 g/mol. The molecule has 4 aliphatic rings. The van der Waals surface area contributed by atoms with Crippen molar-refractivity contribution in [1.29, 1.82) is 0 Å². The van der Waals surface area contributed by atoms with Gasteiger partial charge in [-0.3, -0.25) is 14.4 Å². The number of rotatable bonds is 7. The largest absolute Gasteiger partial charge is 0.507 e. The van der Waals surface area contributed by atoms with Gasteiger partial charge in [-0.25, -0.2) is 0 Å². The van der Waals surface area contributed by atoms with E-state index in [1.165, 1.54) is 25.3 Å². The molecule has 242 valence electrons. The fourth-order valence-electron chi connectivity index (χ4n) is 6.95. The van der Waals surface area contributed by atoms with Gasteiger partial charge >= 0.3 is 0 Å². The zero-order valence-electron chi connectivity index (χ0n) is 25.0. The summed E-state index contributed by atoms with van der Waals surface area (Å²) >= 11 is 0. The van der Waals surface area contributed by atoms with E-state index < -0.39 is 102 Å². The van der Waals surface area contributed by atoms with Crippen molar-refractivity contribution in [3.63, 3.8) is 0 Å². The van der Waals surface area contributed by atoms with Crippen LogP contribution >= 0.6 is 0 Å². The third-order valence-corrected chi connectivity index (χ3v) is 9.22. The maximum Gasteiger partial charge on any atom is 0.202 e. The Morgan fingerprint density at radius 3 is 2.49 bits per heavy atom. The topological polar surface area (TPSA) is 204 Å². The Balaban J connectivity index is 1.38. The number of hydrogen-bond acceptors (Lipinski definition) is 13. The number of benzene rings is 2. The summed E-state index contributed by atoms with van der Waals surface area (Å²) in [6, 6.07) is 3.86. The summed E-state index contributed by atoms with van der Waals surface area (Å²) in [5, 5.41) is 44.2. The smallest absolute Gasteiger partial charge is 0.202 e. The number of phenols is 2. The van der Waals surface area contributed by atoms with Gasteiger partial charge in [0, 0.05) is 48.6 Å². The molecule has 7 atom stereocenters. The molecule has 2 saturated heterocycles. The molecule has 2 aromatic carbocycles. The van der Waals surface area contributed by atoms with E-state index in [1.54, 1.807) is 6.92 Å². The van der Waals surface area contributed by atoms with Crippen LogP contribution in [0.2, 0.25) is 0 Å². The predicted molar refractivity (Wildman–Crippen MR) is 154 cm³/mol. The maximum atomic E-state index is 13.8. The number of methoxy groups -OCH3 is 1. The highest BCUT2D eigenvalue weighted by atomic mass is 16.7. The van der Waals surface area contributed by atoms with E-state index in [9.17, 15) is 34.8 Å². The van der Waals surface area contributed by atoms with Crippen molar-refractivity contribution in [1.82, 2.24) is 0 Å². The lowest BCUT2D eigenvalue weighted by Crippen LogP contribution is -2.55. The lowest BCUT2D eigenvalue weighted by atomic mass is 9.72. The van der Waals surface area contributed by atoms with E-state index in [0.717, 1.165) is 19.3 Å². The molecule has 0 bridgehead atoms. The minimum Gasteiger partial charge on any atom is -0.507 e. The summed E-state index contributed by atoms with van der Waals surface area (Å²) in [4.78, 5) is 40.2. The van der Waals surface area contributed by atoms with E-state index >= 15 is 0 Å². The van der Waals surface area contributed by atoms with E-state index in [1.807, 2.05) is 0 Å². The SMILES string of the molecule is COc1cccc2c1C(=O)c1c(O)c3c(c(O)c1C2=O)C[C@](O)(C(=O)CO)C[C@@H]3O[C@H]1C[C@@H](N)[C@@H](O[C@@H]2CCCCO2)[C@@H](C)O1. The van der Waals surface area contributed by atoms with E-state index in [2.05, 4.69) is 0 Å². The molecule has 0 radical (unpaired) electrons. The molecule has 6 rings (SSSR count). The van der Waals surface area contributed by atoms with E-state index in [4.69, 9.17) is 29.4 Å². The average Bonchev–Trinajstić information content (AvgIpc) is 3.02. The van der Waals surface area contributed by atoms with Crippen molar-refractivity contribution in [2.24, 2.45) is 5.73 Å². The van der Waals surface area contributed by atoms with Crippen LogP contribution < -0.4 is 10.5 Å². The summed E-state index contributed by atoms with van der Waals surface area (Å²) in [6.07, 6.45) is -2.03. The first-order chi connectivity index (χ1) is 21.5. The maximum absolute atomic E-state index is 13.8. The first-order valence-corrected chi connectivity index (χ1v) is 15.1. The lowest BCUT2D eigenvalue weighted by Gasteiger charge is -2.43. The molecule has 0 spiro atoms. The van der Waals surface area contributed by atoms with Gasteiger partial charge in [0.05, 0.1) is 36.0 Å². The van der Waals surface area contributed by atoms with Crippen LogP contribution in [0.25, 0.3) is 0 Å². The summed E-state index contributed by atoms with van der Waals surface area (Å²) < 4.78 is 29.5. The predicted octanol–water partition coefficient (Wildman–Crippen LogP) is 1.55. The van der Waals surface area contributed by atoms with Crippen LogP contribution in [-0.2, 0) is 30.2 Å². The molecule has 0 unspecified atom stereocenters. The van der Waals surface area contributed by atoms with Gasteiger partial charge in [-0.05, 0) is 32.3 Å². The lowest BCUT2D eigenvalue weighted by molar-refractivity contribution is -0.281. The van der Waals surface area contributed by atoms with Crippen molar-refractivity contribution in [3.05, 3.63) is 51.6 Å². The number of aromatic hydroxyl groups is 2. The van der Waals surface area contributed by atoms with Gasteiger partial charge < -0.3 is 49.8 Å². The van der Waals surface area contributed by atoms with Crippen LogP contribution in [0.15, 0.2) is 18.2 Å². The molecule has 6 N–H and O–H groups in total. The molecule has 45 heavy (non-hydrogen) atoms. The minimum absolute atomic E-state index is 0.0409. The second-order valence-corrected chi connectivity index (χ2v) is 12.1. The normalized spacial score (nSPS) is 31.1. The summed E-state index contributed by atoms with van der Waals surface area (Å²) in [5.41, 5.74) is 2.98. The molecule has 2 aliphatic heterocycles. The summed E-state index contributed by atoms with van der Waals surface area (Å²) in [5.74, 6) is -3.67. The van der Waals surface area contributed by atoms with Gasteiger partial charge in [-0.1, -0.05) is 12.1 Å². The number of Topliss-reactive ketones (excluding diaryl/α,β-unsaturated/α-hetero) is 1. The zero-order chi connectivity index (χ0) is 32.2. The second kappa shape index (κ2) is 12.1. The zero-order valence-corrected chi connectivity index (χ0v) is 25.0. The average molecular weight is 628 g/mol. The molecule has 0 saturated carbocycles. The van der Waals surface area contributed by atoms with E-state index in [0.29, 0.717) is 6.61 Å². The summed E-state index contributed by atoms with van der Waals surface area (Å²) in [6.45, 7) is 1.35. The molecule has 0 aromatic heterocycles. The van der Waals surface area contributed by atoms with Gasteiger partial charge in [0.1, 0.15) is 35.6 Å². The fraction of sp³-hybridized carbons (Fsp3) is 0.531. The first-order valence-electron chi connectivity index (χ1n) is 15.1. The molecule has 13 nitrogen and oxygen atoms in total. The highest BCUT2D eigenvalue weighted by Gasteiger charge is 2.50. The number of nitrogens with two attached hydrogens (primary N) is 1. The number of carbonyl (C=O) groups excluding carboxylic acids is 3. The number of ketones is 3. The monoisotopic (exact) mass is 627 g/mol. The third-order valence-electron chi connectivity index (χ3n) is 9.22. The van der Waals surface area contributed by atoms with Crippen LogP contribution in [0.1, 0.15) is 88.1 Å². The van der Waals surface area contributed by atoms with Crippen LogP contribution in [0.3, 0.4) is 0 Å². The highest BCUT2D eigenvalue weighted by Crippen LogP contribution is 2.52. The number of fused-ring (bicyclic) bond motifs is 3. The molecule has 2 heterocycles. The van der Waals surface area contributed by atoms with Crippen LogP contribution in [0.4, 0.5) is 0 Å². The Labute approximate surface area is 258 Å². The molecule has 2 aromatic rings.